The van der Waals surface area contributed by atoms with Crippen molar-refractivity contribution in [2.24, 2.45) is 0 Å². The van der Waals surface area contributed by atoms with Crippen LogP contribution in [0, 0.1) is 5.82 Å². The van der Waals surface area contributed by atoms with E-state index in [0.29, 0.717) is 17.0 Å². The third kappa shape index (κ3) is 2.83. The Hall–Kier alpha value is -3.09. The van der Waals surface area contributed by atoms with Crippen LogP contribution < -0.4 is 10.1 Å². The van der Waals surface area contributed by atoms with E-state index in [4.69, 9.17) is 9.15 Å². The van der Waals surface area contributed by atoms with Crippen LogP contribution in [-0.2, 0) is 0 Å². The Bertz CT molecular complexity index is 787. The quantitative estimate of drug-likeness (QED) is 0.769. The van der Waals surface area contributed by atoms with E-state index >= 15 is 0 Å². The average Bonchev–Trinajstić information content (AvgIpc) is 2.98. The number of anilines is 2. The molecule has 1 aromatic heterocycles. The van der Waals surface area contributed by atoms with Gasteiger partial charge in [0, 0.05) is 11.3 Å². The highest BCUT2D eigenvalue weighted by atomic mass is 19.1. The van der Waals surface area contributed by atoms with Crippen molar-refractivity contribution in [1.29, 1.82) is 0 Å². The van der Waals surface area contributed by atoms with Gasteiger partial charge in [-0.15, -0.1) is 5.10 Å². The molecule has 2 N–H and O–H groups in total. The van der Waals surface area contributed by atoms with Crippen molar-refractivity contribution in [3.05, 3.63) is 48.3 Å². The zero-order valence-electron chi connectivity index (χ0n) is 11.6. The van der Waals surface area contributed by atoms with E-state index in [0.717, 1.165) is 0 Å². The predicted octanol–water partition coefficient (Wildman–Crippen LogP) is 3.33. The maximum absolute atomic E-state index is 12.8. The number of rotatable bonds is 4. The lowest BCUT2D eigenvalue weighted by molar-refractivity contribution is 0.373. The van der Waals surface area contributed by atoms with Gasteiger partial charge in [0.15, 0.2) is 11.5 Å². The second-order valence-corrected chi connectivity index (χ2v) is 4.43. The fraction of sp³-hybridized carbons (Fsp3) is 0.0667. The van der Waals surface area contributed by atoms with Crippen LogP contribution >= 0.6 is 0 Å². The lowest BCUT2D eigenvalue weighted by Crippen LogP contribution is -1.90. The highest BCUT2D eigenvalue weighted by Crippen LogP contribution is 2.31. The summed E-state index contributed by atoms with van der Waals surface area (Å²) in [7, 11) is 1.45. The van der Waals surface area contributed by atoms with Gasteiger partial charge in [-0.2, -0.15) is 0 Å². The normalized spacial score (nSPS) is 10.5. The Morgan fingerprint density at radius 1 is 1.14 bits per heavy atom. The van der Waals surface area contributed by atoms with Gasteiger partial charge in [0.05, 0.1) is 7.11 Å². The van der Waals surface area contributed by atoms with Crippen molar-refractivity contribution in [3.63, 3.8) is 0 Å². The summed E-state index contributed by atoms with van der Waals surface area (Å²) < 4.78 is 23.4. The van der Waals surface area contributed by atoms with E-state index < -0.39 is 0 Å². The van der Waals surface area contributed by atoms with Gasteiger partial charge >= 0.3 is 6.01 Å². The van der Waals surface area contributed by atoms with Crippen LogP contribution in [0.4, 0.5) is 16.1 Å². The second-order valence-electron chi connectivity index (χ2n) is 4.43. The molecule has 6 nitrogen and oxygen atoms in total. The summed E-state index contributed by atoms with van der Waals surface area (Å²) in [6.07, 6.45) is 0. The summed E-state index contributed by atoms with van der Waals surface area (Å²) in [4.78, 5) is 0. The molecule has 0 aliphatic rings. The summed E-state index contributed by atoms with van der Waals surface area (Å²) in [6, 6.07) is 10.6. The summed E-state index contributed by atoms with van der Waals surface area (Å²) in [5.74, 6) is 0.273. The van der Waals surface area contributed by atoms with Crippen molar-refractivity contribution in [2.75, 3.05) is 12.4 Å². The van der Waals surface area contributed by atoms with Gasteiger partial charge in [0.1, 0.15) is 5.82 Å². The first-order valence-electron chi connectivity index (χ1n) is 6.39. The van der Waals surface area contributed by atoms with Crippen LogP contribution in [0.3, 0.4) is 0 Å². The number of halogens is 1. The van der Waals surface area contributed by atoms with Crippen molar-refractivity contribution in [1.82, 2.24) is 10.2 Å². The molecule has 0 saturated heterocycles. The predicted molar refractivity (Wildman–Crippen MR) is 77.6 cm³/mol. The number of aromatic nitrogens is 2. The topological polar surface area (TPSA) is 80.4 Å². The molecule has 0 amide bonds. The van der Waals surface area contributed by atoms with Gasteiger partial charge in [-0.1, -0.05) is 5.10 Å². The molecule has 3 rings (SSSR count). The number of phenols is 1. The fourth-order valence-electron chi connectivity index (χ4n) is 1.86. The van der Waals surface area contributed by atoms with E-state index in [1.54, 1.807) is 24.3 Å². The van der Waals surface area contributed by atoms with Crippen LogP contribution in [-0.4, -0.2) is 22.4 Å². The van der Waals surface area contributed by atoms with Gasteiger partial charge in [-0.05, 0) is 42.5 Å². The van der Waals surface area contributed by atoms with Gasteiger partial charge in [0.2, 0.25) is 5.89 Å². The minimum atomic E-state index is -0.326. The summed E-state index contributed by atoms with van der Waals surface area (Å²) in [5.41, 5.74) is 1.23. The summed E-state index contributed by atoms with van der Waals surface area (Å²) in [5, 5.41) is 20.2. The molecule has 0 atom stereocenters. The van der Waals surface area contributed by atoms with Crippen LogP contribution in [0.25, 0.3) is 11.5 Å². The van der Waals surface area contributed by atoms with Crippen molar-refractivity contribution in [2.45, 2.75) is 0 Å². The van der Waals surface area contributed by atoms with Crippen LogP contribution in [0.15, 0.2) is 46.9 Å². The zero-order valence-corrected chi connectivity index (χ0v) is 11.6. The van der Waals surface area contributed by atoms with Crippen LogP contribution in [0.2, 0.25) is 0 Å². The van der Waals surface area contributed by atoms with E-state index in [2.05, 4.69) is 15.5 Å². The zero-order chi connectivity index (χ0) is 15.5. The van der Waals surface area contributed by atoms with Gasteiger partial charge in [0.25, 0.3) is 0 Å². The molecule has 1 heterocycles. The van der Waals surface area contributed by atoms with Gasteiger partial charge in [-0.25, -0.2) is 4.39 Å². The highest BCUT2D eigenvalue weighted by Gasteiger charge is 2.11. The Labute approximate surface area is 125 Å². The second kappa shape index (κ2) is 5.72. The smallest absolute Gasteiger partial charge is 0.320 e. The largest absolute Gasteiger partial charge is 0.504 e. The van der Waals surface area contributed by atoms with Crippen LogP contribution in [0.1, 0.15) is 0 Å². The number of hydrogen-bond donors (Lipinski definition) is 2. The standard InChI is InChI=1S/C15H12FN3O3/c1-21-13-8-9(2-7-12(13)20)14-18-19-15(22-14)17-11-5-3-10(16)4-6-11/h2-8,20H,1H3,(H,17,19). The molecule has 0 fully saturated rings. The molecule has 3 aromatic rings. The number of ether oxygens (including phenoxy) is 1. The van der Waals surface area contributed by atoms with E-state index in [-0.39, 0.29) is 23.5 Å². The average molecular weight is 301 g/mol. The Kier molecular flexibility index (Phi) is 3.61. The van der Waals surface area contributed by atoms with Crippen LogP contribution in [0.5, 0.6) is 11.5 Å². The SMILES string of the molecule is COc1cc(-c2nnc(Nc3ccc(F)cc3)o2)ccc1O. The number of hydrogen-bond acceptors (Lipinski definition) is 6. The van der Waals surface area contributed by atoms with Gasteiger partial charge < -0.3 is 19.6 Å². The number of phenolic OH excluding ortho intramolecular Hbond substituents is 1. The number of methoxy groups -OCH3 is 1. The van der Waals surface area contributed by atoms with Gasteiger partial charge in [-0.3, -0.25) is 0 Å². The minimum Gasteiger partial charge on any atom is -0.504 e. The lowest BCUT2D eigenvalue weighted by atomic mass is 10.2. The summed E-state index contributed by atoms with van der Waals surface area (Å²) in [6.45, 7) is 0. The monoisotopic (exact) mass is 301 g/mol. The maximum atomic E-state index is 12.8. The first-order valence-corrected chi connectivity index (χ1v) is 6.39. The minimum absolute atomic E-state index is 0.0235. The molecule has 22 heavy (non-hydrogen) atoms. The number of nitrogens with zero attached hydrogens (tertiary/aromatic N) is 2. The maximum Gasteiger partial charge on any atom is 0.320 e. The molecule has 0 saturated carbocycles. The first kappa shape index (κ1) is 13.9. The highest BCUT2D eigenvalue weighted by molar-refractivity contribution is 5.60. The lowest BCUT2D eigenvalue weighted by Gasteiger charge is -2.03. The van der Waals surface area contributed by atoms with E-state index in [9.17, 15) is 9.50 Å². The number of benzene rings is 2. The molecule has 112 valence electrons. The van der Waals surface area contributed by atoms with Crippen molar-refractivity contribution in [3.8, 4) is 23.0 Å². The van der Waals surface area contributed by atoms with E-state index in [1.807, 2.05) is 0 Å². The van der Waals surface area contributed by atoms with Crippen molar-refractivity contribution < 1.29 is 18.7 Å². The molecule has 0 unspecified atom stereocenters. The third-order valence-electron chi connectivity index (χ3n) is 2.95. The molecule has 0 aliphatic heterocycles. The molecule has 0 spiro atoms. The molecule has 2 aromatic carbocycles. The fourth-order valence-corrected chi connectivity index (χ4v) is 1.86. The molecule has 0 bridgehead atoms. The Balaban J connectivity index is 1.83. The third-order valence-corrected chi connectivity index (χ3v) is 2.95. The van der Waals surface area contributed by atoms with Crippen molar-refractivity contribution >= 4 is 11.7 Å². The molecular weight excluding hydrogens is 289 g/mol. The first-order chi connectivity index (χ1) is 10.7. The molecule has 0 radical (unpaired) electrons. The Morgan fingerprint density at radius 2 is 1.91 bits per heavy atom. The molecule has 7 heteroatoms. The number of aromatic hydroxyl groups is 1. The molecular formula is C15H12FN3O3. The Morgan fingerprint density at radius 3 is 2.64 bits per heavy atom. The van der Waals surface area contributed by atoms with E-state index in [1.165, 1.54) is 25.3 Å². The molecule has 0 aliphatic carbocycles. The number of nitrogens with one attached hydrogen (secondary N) is 1. The summed E-state index contributed by atoms with van der Waals surface area (Å²) >= 11 is 0.